The van der Waals surface area contributed by atoms with Gasteiger partial charge in [-0.05, 0) is 6.08 Å². The molecule has 0 saturated carbocycles. The van der Waals surface area contributed by atoms with E-state index in [1.165, 1.54) is 12.4 Å². The highest BCUT2D eigenvalue weighted by Crippen LogP contribution is 2.00. The van der Waals surface area contributed by atoms with E-state index in [4.69, 9.17) is 0 Å². The molecule has 1 radical (unpaired) electrons. The molecular formula is C4H3O3. The molecule has 37 valence electrons. The van der Waals surface area contributed by atoms with E-state index in [1.54, 1.807) is 0 Å². The van der Waals surface area contributed by atoms with Gasteiger partial charge in [-0.15, -0.1) is 0 Å². The summed E-state index contributed by atoms with van der Waals surface area (Å²) in [4.78, 5) is 18.1. The molecule has 1 aliphatic heterocycles. The summed E-state index contributed by atoms with van der Waals surface area (Å²) in [5.41, 5.74) is 0. The molecule has 0 atom stereocenters. The predicted octanol–water partition coefficient (Wildman–Crippen LogP) is -0.0582. The quantitative estimate of drug-likeness (QED) is 0.432. The second-order valence-corrected chi connectivity index (χ2v) is 1.04. The van der Waals surface area contributed by atoms with Crippen LogP contribution in [0.2, 0.25) is 0 Å². The average Bonchev–Trinajstić information content (AvgIpc) is 2.14. The van der Waals surface area contributed by atoms with Crippen LogP contribution in [0.1, 0.15) is 0 Å². The van der Waals surface area contributed by atoms with Crippen molar-refractivity contribution in [2.45, 2.75) is 0 Å². The summed E-state index contributed by atoms with van der Waals surface area (Å²) in [7, 11) is 0. The Bertz CT molecular complexity index is 106. The molecule has 0 saturated heterocycles. The van der Waals surface area contributed by atoms with Crippen LogP contribution < -0.4 is 0 Å². The van der Waals surface area contributed by atoms with Gasteiger partial charge in [-0.25, -0.2) is 0 Å². The van der Waals surface area contributed by atoms with Crippen LogP contribution in [0.3, 0.4) is 0 Å². The number of carbonyl (C=O) groups excluding carboxylic acids is 1. The van der Waals surface area contributed by atoms with Crippen LogP contribution in [0.4, 0.5) is 0 Å². The van der Waals surface area contributed by atoms with Crippen LogP contribution in [0, 0.1) is 0 Å². The summed E-state index contributed by atoms with van der Waals surface area (Å²) in [6.45, 7) is 0.352. The van der Waals surface area contributed by atoms with Crippen molar-refractivity contribution in [3.63, 3.8) is 0 Å². The van der Waals surface area contributed by atoms with Crippen LogP contribution in [-0.2, 0) is 14.6 Å². The summed E-state index contributed by atoms with van der Waals surface area (Å²) in [6, 6.07) is 0. The Kier molecular flexibility index (Phi) is 1.08. The molecule has 3 heteroatoms. The van der Waals surface area contributed by atoms with E-state index < -0.39 is 0 Å². The van der Waals surface area contributed by atoms with E-state index in [1.807, 2.05) is 0 Å². The molecular weight excluding hydrogens is 96.0 g/mol. The zero-order valence-electron chi connectivity index (χ0n) is 3.51. The second-order valence-electron chi connectivity index (χ2n) is 1.04. The summed E-state index contributed by atoms with van der Waals surface area (Å²) in [5, 5.41) is 0. The maximum atomic E-state index is 9.61. The van der Waals surface area contributed by atoms with E-state index >= 15 is 0 Å². The predicted molar refractivity (Wildman–Crippen MR) is 20.8 cm³/mol. The maximum absolute atomic E-state index is 9.61. The Morgan fingerprint density at radius 3 is 3.00 bits per heavy atom. The Labute approximate surface area is 40.5 Å². The third-order valence-corrected chi connectivity index (χ3v) is 0.586. The van der Waals surface area contributed by atoms with E-state index in [9.17, 15) is 4.79 Å². The lowest BCUT2D eigenvalue weighted by molar-refractivity contribution is -0.227. The molecule has 0 spiro atoms. The van der Waals surface area contributed by atoms with Crippen molar-refractivity contribution in [2.24, 2.45) is 0 Å². The average molecular weight is 99.1 g/mol. The van der Waals surface area contributed by atoms with Crippen molar-refractivity contribution in [1.29, 1.82) is 0 Å². The number of hydrogen-bond donors (Lipinski definition) is 0. The fourth-order valence-electron chi connectivity index (χ4n) is 0.300. The number of allylic oxidation sites excluding steroid dienone is 1. The van der Waals surface area contributed by atoms with Gasteiger partial charge < -0.3 is 4.89 Å². The molecule has 0 unspecified atom stereocenters. The highest BCUT2D eigenvalue weighted by atomic mass is 17.2. The fraction of sp³-hybridized carbons (Fsp3) is 0.250. The van der Waals surface area contributed by atoms with Crippen molar-refractivity contribution in [3.05, 3.63) is 11.8 Å². The zero-order chi connectivity index (χ0) is 5.11. The molecule has 3 nitrogen and oxygen atoms in total. The van der Waals surface area contributed by atoms with Gasteiger partial charge in [0, 0.05) is 0 Å². The SMILES string of the molecule is O=[C]C1=CCOO1. The van der Waals surface area contributed by atoms with E-state index in [0.717, 1.165) is 0 Å². The van der Waals surface area contributed by atoms with Crippen LogP contribution in [0.25, 0.3) is 0 Å². The highest BCUT2D eigenvalue weighted by molar-refractivity contribution is 5.71. The third-order valence-electron chi connectivity index (χ3n) is 0.586. The van der Waals surface area contributed by atoms with Gasteiger partial charge in [0.1, 0.15) is 6.61 Å². The van der Waals surface area contributed by atoms with E-state index in [-0.39, 0.29) is 5.76 Å². The highest BCUT2D eigenvalue weighted by Gasteiger charge is 2.03. The zero-order valence-corrected chi connectivity index (χ0v) is 3.51. The molecule has 0 amide bonds. The molecule has 0 aliphatic carbocycles. The fourth-order valence-corrected chi connectivity index (χ4v) is 0.300. The Balaban J connectivity index is 2.51. The molecule has 0 aromatic rings. The molecule has 0 N–H and O–H groups in total. The first kappa shape index (κ1) is 4.33. The van der Waals surface area contributed by atoms with Gasteiger partial charge >= 0.3 is 0 Å². The molecule has 0 aromatic carbocycles. The Hall–Kier alpha value is -0.830. The van der Waals surface area contributed by atoms with Crippen molar-refractivity contribution in [2.75, 3.05) is 6.61 Å². The standard InChI is InChI=1S/C4H3O3/c5-3-4-1-2-6-7-4/h1H,2H2. The topological polar surface area (TPSA) is 35.5 Å². The number of rotatable bonds is 1. The lowest BCUT2D eigenvalue weighted by Crippen LogP contribution is -1.82. The Morgan fingerprint density at radius 1 is 1.86 bits per heavy atom. The van der Waals surface area contributed by atoms with Gasteiger partial charge in [-0.3, -0.25) is 4.79 Å². The van der Waals surface area contributed by atoms with Crippen molar-refractivity contribution in [1.82, 2.24) is 0 Å². The van der Waals surface area contributed by atoms with Gasteiger partial charge in [0.25, 0.3) is 6.29 Å². The smallest absolute Gasteiger partial charge is 0.275 e. The van der Waals surface area contributed by atoms with Crippen LogP contribution in [-0.4, -0.2) is 12.9 Å². The lowest BCUT2D eigenvalue weighted by atomic mass is 10.5. The minimum atomic E-state index is 0.139. The molecule has 1 heterocycles. The molecule has 1 rings (SSSR count). The first-order valence-corrected chi connectivity index (χ1v) is 1.81. The third kappa shape index (κ3) is 0.778. The summed E-state index contributed by atoms with van der Waals surface area (Å²) in [5.74, 6) is 0.139. The summed E-state index contributed by atoms with van der Waals surface area (Å²) in [6.07, 6.45) is 3.03. The monoisotopic (exact) mass is 99.0 g/mol. The van der Waals surface area contributed by atoms with Gasteiger partial charge in [0.05, 0.1) is 0 Å². The van der Waals surface area contributed by atoms with Gasteiger partial charge in [-0.2, -0.15) is 4.89 Å². The first-order valence-electron chi connectivity index (χ1n) is 1.81. The lowest BCUT2D eigenvalue weighted by Gasteiger charge is -1.85. The van der Waals surface area contributed by atoms with Gasteiger partial charge in [-0.1, -0.05) is 0 Å². The van der Waals surface area contributed by atoms with E-state index in [2.05, 4.69) is 9.78 Å². The van der Waals surface area contributed by atoms with Crippen molar-refractivity contribution >= 4 is 6.29 Å². The second kappa shape index (κ2) is 1.75. The van der Waals surface area contributed by atoms with Crippen LogP contribution in [0.15, 0.2) is 11.8 Å². The number of hydrogen-bond acceptors (Lipinski definition) is 3. The minimum absolute atomic E-state index is 0.139. The molecule has 0 aromatic heterocycles. The van der Waals surface area contributed by atoms with Gasteiger partial charge in [0.15, 0.2) is 0 Å². The Morgan fingerprint density at radius 2 is 2.71 bits per heavy atom. The van der Waals surface area contributed by atoms with Crippen molar-refractivity contribution in [3.8, 4) is 0 Å². The summed E-state index contributed by atoms with van der Waals surface area (Å²) < 4.78 is 0. The molecule has 0 fully saturated rings. The van der Waals surface area contributed by atoms with Gasteiger partial charge in [0.2, 0.25) is 5.76 Å². The molecule has 7 heavy (non-hydrogen) atoms. The van der Waals surface area contributed by atoms with Crippen LogP contribution in [0.5, 0.6) is 0 Å². The maximum Gasteiger partial charge on any atom is 0.275 e. The minimum Gasteiger partial charge on any atom is -0.333 e. The van der Waals surface area contributed by atoms with E-state index in [0.29, 0.717) is 6.61 Å². The molecule has 0 bridgehead atoms. The van der Waals surface area contributed by atoms with Crippen molar-refractivity contribution < 1.29 is 14.6 Å². The normalized spacial score (nSPS) is 18.0. The molecule has 1 aliphatic rings. The summed E-state index contributed by atoms with van der Waals surface area (Å²) >= 11 is 0. The largest absolute Gasteiger partial charge is 0.333 e. The van der Waals surface area contributed by atoms with Crippen LogP contribution >= 0.6 is 0 Å². The first-order chi connectivity index (χ1) is 3.43.